The summed E-state index contributed by atoms with van der Waals surface area (Å²) in [6.07, 6.45) is 3.20. The molecule has 0 spiro atoms. The molecule has 2 aromatic carbocycles. The summed E-state index contributed by atoms with van der Waals surface area (Å²) in [7, 11) is 3.20. The van der Waals surface area contributed by atoms with Crippen LogP contribution >= 0.6 is 0 Å². The molecular weight excluding hydrogens is 436 g/mol. The number of anilines is 1. The number of carbonyl (C=O) groups excluding carboxylic acids is 1. The van der Waals surface area contributed by atoms with Crippen LogP contribution < -0.4 is 19.5 Å². The molecule has 8 heteroatoms. The van der Waals surface area contributed by atoms with Gasteiger partial charge in [0.05, 0.1) is 27.1 Å². The lowest BCUT2D eigenvalue weighted by Crippen LogP contribution is -2.09. The highest BCUT2D eigenvalue weighted by molar-refractivity contribution is 6.05. The van der Waals surface area contributed by atoms with Gasteiger partial charge in [-0.15, -0.1) is 0 Å². The third-order valence-corrected chi connectivity index (χ3v) is 5.32. The molecule has 0 fully saturated rings. The fourth-order valence-electron chi connectivity index (χ4n) is 3.73. The van der Waals surface area contributed by atoms with Gasteiger partial charge in [-0.3, -0.25) is 4.79 Å². The Balaban J connectivity index is 1.75. The number of aromatic nitrogens is 1. The molecule has 0 bridgehead atoms. The normalized spacial score (nSPS) is 11.5. The third kappa shape index (κ3) is 4.61. The number of methoxy groups -OCH3 is 2. The molecule has 0 saturated heterocycles. The lowest BCUT2D eigenvalue weighted by molar-refractivity contribution is -0.111. The summed E-state index contributed by atoms with van der Waals surface area (Å²) < 4.78 is 27.5. The number of hydrogen-bond donors (Lipinski definition) is 1. The number of furan rings is 1. The van der Waals surface area contributed by atoms with Gasteiger partial charge in [-0.25, -0.2) is 0 Å². The minimum absolute atomic E-state index is 0.319. The Morgan fingerprint density at radius 1 is 1.09 bits per heavy atom. The van der Waals surface area contributed by atoms with E-state index >= 15 is 0 Å². The fraction of sp³-hybridized carbons (Fsp3) is 0.231. The van der Waals surface area contributed by atoms with Crippen LogP contribution in [0.3, 0.4) is 0 Å². The van der Waals surface area contributed by atoms with E-state index in [1.807, 2.05) is 44.2 Å². The summed E-state index contributed by atoms with van der Waals surface area (Å²) in [6.45, 7) is 5.99. The van der Waals surface area contributed by atoms with Crippen LogP contribution in [0.15, 0.2) is 57.7 Å². The first-order valence-electron chi connectivity index (χ1n) is 10.8. The van der Waals surface area contributed by atoms with Crippen LogP contribution in [0.5, 0.6) is 17.2 Å². The van der Waals surface area contributed by atoms with E-state index in [0.717, 1.165) is 27.6 Å². The van der Waals surface area contributed by atoms with Crippen LogP contribution in [0.1, 0.15) is 25.2 Å². The molecule has 0 atom stereocenters. The van der Waals surface area contributed by atoms with Crippen LogP contribution in [-0.4, -0.2) is 31.9 Å². The summed E-state index contributed by atoms with van der Waals surface area (Å²) >= 11 is 0. The van der Waals surface area contributed by atoms with Gasteiger partial charge in [0.25, 0.3) is 0 Å². The first-order valence-corrected chi connectivity index (χ1v) is 10.8. The van der Waals surface area contributed by atoms with Gasteiger partial charge in [0, 0.05) is 34.7 Å². The van der Waals surface area contributed by atoms with Crippen molar-refractivity contribution in [1.29, 1.82) is 0 Å². The van der Waals surface area contributed by atoms with E-state index in [-0.39, 0.29) is 5.91 Å². The molecule has 2 aromatic heterocycles. The smallest absolute Gasteiger partial charge is 0.249 e. The van der Waals surface area contributed by atoms with E-state index in [9.17, 15) is 4.79 Å². The maximum Gasteiger partial charge on any atom is 0.249 e. The van der Waals surface area contributed by atoms with Crippen molar-refractivity contribution in [1.82, 2.24) is 5.16 Å². The minimum atomic E-state index is -0.319. The van der Waals surface area contributed by atoms with Crippen LogP contribution in [0.4, 0.5) is 5.82 Å². The van der Waals surface area contributed by atoms with Crippen molar-refractivity contribution in [2.45, 2.75) is 20.8 Å². The maximum absolute atomic E-state index is 12.6. The summed E-state index contributed by atoms with van der Waals surface area (Å²) in [6, 6.07) is 11.2. The molecule has 2 heterocycles. The SMILES string of the molecule is CCOc1cc2occ(-c3ccc(OC)c(OC)c3)c2cc1/C(C)=C/C(=O)Nc1cc(C)on1. The molecule has 0 unspecified atom stereocenters. The average Bonchev–Trinajstić information content (AvgIpc) is 3.43. The number of allylic oxidation sites excluding steroid dienone is 1. The van der Waals surface area contributed by atoms with Crippen LogP contribution in [0.2, 0.25) is 0 Å². The lowest BCUT2D eigenvalue weighted by atomic mass is 9.99. The molecule has 0 aliphatic carbocycles. The summed E-state index contributed by atoms with van der Waals surface area (Å²) in [5.41, 5.74) is 3.97. The van der Waals surface area contributed by atoms with Crippen molar-refractivity contribution in [3.63, 3.8) is 0 Å². The van der Waals surface area contributed by atoms with Crippen LogP contribution in [-0.2, 0) is 4.79 Å². The zero-order valence-corrected chi connectivity index (χ0v) is 19.7. The van der Waals surface area contributed by atoms with Crippen molar-refractivity contribution in [3.8, 4) is 28.4 Å². The molecule has 176 valence electrons. The number of rotatable bonds is 8. The zero-order chi connectivity index (χ0) is 24.2. The predicted molar refractivity (Wildman–Crippen MR) is 129 cm³/mol. The Hall–Kier alpha value is -4.20. The van der Waals surface area contributed by atoms with Gasteiger partial charge in [-0.05, 0) is 50.1 Å². The Morgan fingerprint density at radius 3 is 2.56 bits per heavy atom. The van der Waals surface area contributed by atoms with Crippen molar-refractivity contribution in [2.75, 3.05) is 26.1 Å². The molecule has 34 heavy (non-hydrogen) atoms. The van der Waals surface area contributed by atoms with E-state index in [1.165, 1.54) is 6.08 Å². The van der Waals surface area contributed by atoms with Crippen molar-refractivity contribution in [3.05, 3.63) is 60.1 Å². The standard InChI is InChI=1S/C26H26N2O6/c1-6-32-22-13-23-19(20(14-33-23)17-7-8-21(30-4)24(11-17)31-5)12-18(22)15(2)9-26(29)27-25-10-16(3)34-28-25/h7-14H,6H2,1-5H3,(H,27,28,29)/b15-9+. The number of hydrogen-bond acceptors (Lipinski definition) is 7. The second-order valence-corrected chi connectivity index (χ2v) is 7.64. The topological polar surface area (TPSA) is 96.0 Å². The van der Waals surface area contributed by atoms with E-state index < -0.39 is 0 Å². The highest BCUT2D eigenvalue weighted by atomic mass is 16.5. The van der Waals surface area contributed by atoms with Crippen LogP contribution in [0, 0.1) is 6.92 Å². The molecule has 8 nitrogen and oxygen atoms in total. The Morgan fingerprint density at radius 2 is 1.88 bits per heavy atom. The number of nitrogens with one attached hydrogen (secondary N) is 1. The van der Waals surface area contributed by atoms with E-state index in [0.29, 0.717) is 41.0 Å². The minimum Gasteiger partial charge on any atom is -0.493 e. The maximum atomic E-state index is 12.6. The van der Waals surface area contributed by atoms with Gasteiger partial charge < -0.3 is 28.5 Å². The quantitative estimate of drug-likeness (QED) is 0.328. The molecule has 1 N–H and O–H groups in total. The van der Waals surface area contributed by atoms with Crippen molar-refractivity contribution in [2.24, 2.45) is 0 Å². The number of aryl methyl sites for hydroxylation is 1. The molecule has 0 saturated carbocycles. The van der Waals surface area contributed by atoms with Gasteiger partial charge >= 0.3 is 0 Å². The van der Waals surface area contributed by atoms with Gasteiger partial charge in [0.2, 0.25) is 5.91 Å². The molecule has 1 amide bonds. The largest absolute Gasteiger partial charge is 0.493 e. The number of benzene rings is 2. The second-order valence-electron chi connectivity index (χ2n) is 7.64. The number of fused-ring (bicyclic) bond motifs is 1. The highest BCUT2D eigenvalue weighted by Gasteiger charge is 2.17. The fourth-order valence-corrected chi connectivity index (χ4v) is 3.73. The first kappa shape index (κ1) is 23.0. The number of carbonyl (C=O) groups is 1. The van der Waals surface area contributed by atoms with Crippen LogP contribution in [0.25, 0.3) is 27.7 Å². The predicted octanol–water partition coefficient (Wildman–Crippen LogP) is 5.85. The number of ether oxygens (including phenoxy) is 3. The molecule has 4 aromatic rings. The zero-order valence-electron chi connectivity index (χ0n) is 19.7. The lowest BCUT2D eigenvalue weighted by Gasteiger charge is -2.12. The van der Waals surface area contributed by atoms with Crippen molar-refractivity contribution < 1.29 is 27.9 Å². The highest BCUT2D eigenvalue weighted by Crippen LogP contribution is 2.40. The molecular formula is C26H26N2O6. The van der Waals surface area contributed by atoms with Gasteiger partial charge in [-0.1, -0.05) is 11.2 Å². The molecule has 0 radical (unpaired) electrons. The summed E-state index contributed by atoms with van der Waals surface area (Å²) in [5.74, 6) is 2.55. The number of nitrogens with zero attached hydrogens (tertiary/aromatic N) is 1. The van der Waals surface area contributed by atoms with Gasteiger partial charge in [0.1, 0.15) is 17.1 Å². The average molecular weight is 463 g/mol. The summed E-state index contributed by atoms with van der Waals surface area (Å²) in [5, 5.41) is 7.38. The molecule has 0 aliphatic rings. The second kappa shape index (κ2) is 9.74. The monoisotopic (exact) mass is 462 g/mol. The summed E-state index contributed by atoms with van der Waals surface area (Å²) in [4.78, 5) is 12.6. The van der Waals surface area contributed by atoms with E-state index in [2.05, 4.69) is 10.5 Å². The van der Waals surface area contributed by atoms with E-state index in [4.69, 9.17) is 23.2 Å². The third-order valence-electron chi connectivity index (χ3n) is 5.32. The van der Waals surface area contributed by atoms with Gasteiger partial charge in [0.15, 0.2) is 17.3 Å². The molecule has 4 rings (SSSR count). The Labute approximate surface area is 197 Å². The first-order chi connectivity index (χ1) is 16.4. The van der Waals surface area contributed by atoms with Gasteiger partial charge in [-0.2, -0.15) is 0 Å². The Bertz CT molecular complexity index is 1370. The number of amides is 1. The Kier molecular flexibility index (Phi) is 6.58. The molecule has 0 aliphatic heterocycles. The van der Waals surface area contributed by atoms with E-state index in [1.54, 1.807) is 33.5 Å². The van der Waals surface area contributed by atoms with Crippen molar-refractivity contribution >= 4 is 28.3 Å².